The van der Waals surface area contributed by atoms with Gasteiger partial charge in [-0.25, -0.2) is 8.42 Å². The summed E-state index contributed by atoms with van der Waals surface area (Å²) in [5.74, 6) is 0. The van der Waals surface area contributed by atoms with Crippen LogP contribution in [0.15, 0.2) is 86.8 Å². The summed E-state index contributed by atoms with van der Waals surface area (Å²) in [5, 5.41) is 14.1. The Morgan fingerprint density at radius 2 is 1.65 bits per heavy atom. The minimum absolute atomic E-state index is 0.0633. The number of hydrogen-bond acceptors (Lipinski definition) is 5. The third-order valence-electron chi connectivity index (χ3n) is 4.28. The van der Waals surface area contributed by atoms with E-state index >= 15 is 0 Å². The Morgan fingerprint density at radius 3 is 2.23 bits per heavy atom. The van der Waals surface area contributed by atoms with Gasteiger partial charge in [-0.3, -0.25) is 14.8 Å². The number of nitro benzene ring substituents is 1. The number of nitrogens with zero attached hydrogens (tertiary/aromatic N) is 1. The number of aryl methyl sites for hydroxylation is 1. The van der Waals surface area contributed by atoms with Crippen molar-refractivity contribution in [1.29, 1.82) is 0 Å². The summed E-state index contributed by atoms with van der Waals surface area (Å²) >= 11 is 6.70. The van der Waals surface area contributed by atoms with Gasteiger partial charge < -0.3 is 5.32 Å². The van der Waals surface area contributed by atoms with Crippen LogP contribution in [0.25, 0.3) is 5.70 Å². The molecule has 10 heteroatoms. The van der Waals surface area contributed by atoms with Crippen LogP contribution >= 0.6 is 31.9 Å². The third kappa shape index (κ3) is 5.93. The predicted octanol–water partition coefficient (Wildman–Crippen LogP) is 5.82. The summed E-state index contributed by atoms with van der Waals surface area (Å²) in [7, 11) is -3.79. The first-order valence-electron chi connectivity index (χ1n) is 8.92. The molecule has 0 spiro atoms. The van der Waals surface area contributed by atoms with Gasteiger partial charge in [0.2, 0.25) is 0 Å². The SMILES string of the molecule is Cc1ccc(S(=O)(=O)NC=C(Nc2ccc([N+](=O)[O-])cc2Br)c2ccc(Br)cc2)cc1. The average Bonchev–Trinajstić information content (AvgIpc) is 2.73. The number of benzene rings is 3. The van der Waals surface area contributed by atoms with E-state index in [0.29, 0.717) is 21.4 Å². The van der Waals surface area contributed by atoms with Crippen LogP contribution in [0.1, 0.15) is 11.1 Å². The van der Waals surface area contributed by atoms with Crippen molar-refractivity contribution in [2.24, 2.45) is 0 Å². The number of sulfonamides is 1. The van der Waals surface area contributed by atoms with Crippen molar-refractivity contribution in [2.75, 3.05) is 5.32 Å². The Labute approximate surface area is 196 Å². The van der Waals surface area contributed by atoms with Crippen LogP contribution in [-0.2, 0) is 10.0 Å². The molecular weight excluding hydrogens is 550 g/mol. The van der Waals surface area contributed by atoms with Gasteiger partial charge in [0.15, 0.2) is 0 Å². The maximum atomic E-state index is 12.7. The number of hydrogen-bond donors (Lipinski definition) is 2. The zero-order valence-corrected chi connectivity index (χ0v) is 20.2. The van der Waals surface area contributed by atoms with Crippen molar-refractivity contribution in [3.05, 3.63) is 103 Å². The fourth-order valence-electron chi connectivity index (χ4n) is 2.61. The van der Waals surface area contributed by atoms with Crippen molar-refractivity contribution in [3.8, 4) is 0 Å². The lowest BCUT2D eigenvalue weighted by Crippen LogP contribution is -2.19. The Bertz CT molecular complexity index is 1240. The Hall–Kier alpha value is -2.69. The molecule has 0 fully saturated rings. The highest BCUT2D eigenvalue weighted by molar-refractivity contribution is 9.10. The highest BCUT2D eigenvalue weighted by atomic mass is 79.9. The molecular formula is C21H17Br2N3O4S. The largest absolute Gasteiger partial charge is 0.353 e. The van der Waals surface area contributed by atoms with Gasteiger partial charge in [0.25, 0.3) is 15.7 Å². The second-order valence-corrected chi connectivity index (χ2v) is 10.0. The van der Waals surface area contributed by atoms with Gasteiger partial charge in [0, 0.05) is 27.3 Å². The van der Waals surface area contributed by atoms with E-state index in [1.807, 2.05) is 31.2 Å². The van der Waals surface area contributed by atoms with Crippen LogP contribution in [0.3, 0.4) is 0 Å². The van der Waals surface area contributed by atoms with Crippen LogP contribution in [0.5, 0.6) is 0 Å². The molecule has 0 aliphatic heterocycles. The monoisotopic (exact) mass is 565 g/mol. The van der Waals surface area contributed by atoms with Gasteiger partial charge >= 0.3 is 0 Å². The van der Waals surface area contributed by atoms with E-state index < -0.39 is 14.9 Å². The van der Waals surface area contributed by atoms with Crippen molar-refractivity contribution in [1.82, 2.24) is 4.72 Å². The molecule has 0 amide bonds. The Balaban J connectivity index is 1.96. The first-order valence-corrected chi connectivity index (χ1v) is 12.0. The summed E-state index contributed by atoms with van der Waals surface area (Å²) in [6, 6.07) is 18.1. The molecule has 0 saturated carbocycles. The fourth-order valence-corrected chi connectivity index (χ4v) is 4.24. The maximum Gasteiger partial charge on any atom is 0.270 e. The molecule has 0 unspecified atom stereocenters. The molecule has 3 rings (SSSR count). The van der Waals surface area contributed by atoms with E-state index in [1.54, 1.807) is 18.2 Å². The summed E-state index contributed by atoms with van der Waals surface area (Å²) in [6.07, 6.45) is 1.35. The summed E-state index contributed by atoms with van der Waals surface area (Å²) in [6.45, 7) is 1.88. The lowest BCUT2D eigenvalue weighted by Gasteiger charge is -2.14. The highest BCUT2D eigenvalue weighted by Crippen LogP contribution is 2.30. The molecule has 0 saturated heterocycles. The molecule has 0 aromatic heterocycles. The molecule has 31 heavy (non-hydrogen) atoms. The number of rotatable bonds is 7. The van der Waals surface area contributed by atoms with Gasteiger partial charge in [0.05, 0.1) is 21.2 Å². The molecule has 0 atom stereocenters. The Kier molecular flexibility index (Phi) is 7.14. The van der Waals surface area contributed by atoms with Gasteiger partial charge in [-0.2, -0.15) is 0 Å². The standard InChI is InChI=1S/C21H17Br2N3O4S/c1-14-2-9-18(10-3-14)31(29,30)24-13-21(15-4-6-16(22)7-5-15)25-20-11-8-17(26(27)28)12-19(20)23/h2-13,24-25H,1H3. The van der Waals surface area contributed by atoms with Crippen LogP contribution in [0.4, 0.5) is 11.4 Å². The number of nitrogens with one attached hydrogen (secondary N) is 2. The molecule has 3 aromatic rings. The van der Waals surface area contributed by atoms with Crippen molar-refractivity contribution < 1.29 is 13.3 Å². The molecule has 0 bridgehead atoms. The number of non-ortho nitro benzene ring substituents is 1. The van der Waals surface area contributed by atoms with Crippen LogP contribution < -0.4 is 10.0 Å². The lowest BCUT2D eigenvalue weighted by atomic mass is 10.1. The molecule has 0 heterocycles. The van der Waals surface area contributed by atoms with Gasteiger partial charge in [-0.15, -0.1) is 0 Å². The predicted molar refractivity (Wildman–Crippen MR) is 128 cm³/mol. The summed E-state index contributed by atoms with van der Waals surface area (Å²) in [4.78, 5) is 10.6. The van der Waals surface area contributed by atoms with Crippen molar-refractivity contribution in [3.63, 3.8) is 0 Å². The van der Waals surface area contributed by atoms with Gasteiger partial charge in [0.1, 0.15) is 0 Å². The smallest absolute Gasteiger partial charge is 0.270 e. The maximum absolute atomic E-state index is 12.7. The molecule has 3 aromatic carbocycles. The van der Waals surface area contributed by atoms with Crippen LogP contribution in [0.2, 0.25) is 0 Å². The highest BCUT2D eigenvalue weighted by Gasteiger charge is 2.14. The van der Waals surface area contributed by atoms with E-state index in [0.717, 1.165) is 10.0 Å². The fraction of sp³-hybridized carbons (Fsp3) is 0.0476. The van der Waals surface area contributed by atoms with Crippen molar-refractivity contribution in [2.45, 2.75) is 11.8 Å². The van der Waals surface area contributed by atoms with Crippen molar-refractivity contribution >= 4 is 59.0 Å². The molecule has 0 aliphatic carbocycles. The molecule has 0 radical (unpaired) electrons. The number of nitro groups is 1. The van der Waals surface area contributed by atoms with E-state index in [9.17, 15) is 18.5 Å². The zero-order valence-electron chi connectivity index (χ0n) is 16.2. The first-order chi connectivity index (χ1) is 14.7. The van der Waals surface area contributed by atoms with E-state index in [1.165, 1.54) is 30.5 Å². The second-order valence-electron chi connectivity index (χ2n) is 6.55. The normalized spacial score (nSPS) is 11.8. The molecule has 2 N–H and O–H groups in total. The quantitative estimate of drug-likeness (QED) is 0.277. The minimum atomic E-state index is -3.79. The number of halogens is 2. The zero-order chi connectivity index (χ0) is 22.6. The minimum Gasteiger partial charge on any atom is -0.353 e. The summed E-state index contributed by atoms with van der Waals surface area (Å²) < 4.78 is 29.2. The summed E-state index contributed by atoms with van der Waals surface area (Å²) in [5.41, 5.74) is 2.59. The topological polar surface area (TPSA) is 101 Å². The van der Waals surface area contributed by atoms with E-state index in [-0.39, 0.29) is 10.6 Å². The second kappa shape index (κ2) is 9.63. The first kappa shape index (κ1) is 23.0. The average molecular weight is 567 g/mol. The molecule has 7 nitrogen and oxygen atoms in total. The molecule has 0 aliphatic rings. The third-order valence-corrected chi connectivity index (χ3v) is 6.78. The van der Waals surface area contributed by atoms with Gasteiger partial charge in [-0.05, 0) is 58.7 Å². The number of anilines is 1. The lowest BCUT2D eigenvalue weighted by molar-refractivity contribution is -0.384. The van der Waals surface area contributed by atoms with Gasteiger partial charge in [-0.1, -0.05) is 45.8 Å². The van der Waals surface area contributed by atoms with E-state index in [2.05, 4.69) is 41.9 Å². The Morgan fingerprint density at radius 1 is 1.00 bits per heavy atom. The van der Waals surface area contributed by atoms with Crippen LogP contribution in [-0.4, -0.2) is 13.3 Å². The van der Waals surface area contributed by atoms with Crippen LogP contribution in [0, 0.1) is 17.0 Å². The molecule has 160 valence electrons. The van der Waals surface area contributed by atoms with E-state index in [4.69, 9.17) is 0 Å².